The normalized spacial score (nSPS) is 19.1. The zero-order valence-electron chi connectivity index (χ0n) is 19.3. The molecule has 2 saturated heterocycles. The highest BCUT2D eigenvalue weighted by Gasteiger charge is 2.34. The van der Waals surface area contributed by atoms with Gasteiger partial charge in [0.05, 0.1) is 39.5 Å². The minimum Gasteiger partial charge on any atom is -0.493 e. The first kappa shape index (κ1) is 23.5. The fraction of sp³-hybridized carbons (Fsp3) is 0.500. The van der Waals surface area contributed by atoms with Gasteiger partial charge in [0.1, 0.15) is 5.82 Å². The van der Waals surface area contributed by atoms with Crippen LogP contribution < -0.4 is 9.47 Å². The lowest BCUT2D eigenvalue weighted by atomic mass is 9.90. The topological polar surface area (TPSA) is 57.2 Å². The number of methoxy groups -OCH3 is 1. The van der Waals surface area contributed by atoms with E-state index in [4.69, 9.17) is 18.9 Å². The summed E-state index contributed by atoms with van der Waals surface area (Å²) in [4.78, 5) is 15.0. The number of amides is 1. The van der Waals surface area contributed by atoms with Crippen molar-refractivity contribution in [3.63, 3.8) is 0 Å². The molecule has 0 aromatic heterocycles. The average molecular weight is 458 g/mol. The molecule has 33 heavy (non-hydrogen) atoms. The molecule has 0 spiro atoms. The highest BCUT2D eigenvalue weighted by molar-refractivity contribution is 5.78. The fourth-order valence-electron chi connectivity index (χ4n) is 4.12. The van der Waals surface area contributed by atoms with Crippen molar-refractivity contribution in [2.45, 2.75) is 38.8 Å². The molecule has 2 fully saturated rings. The maximum Gasteiger partial charge on any atom is 0.227 e. The van der Waals surface area contributed by atoms with Crippen LogP contribution in [0, 0.1) is 11.2 Å². The van der Waals surface area contributed by atoms with Gasteiger partial charge in [0.2, 0.25) is 5.91 Å². The van der Waals surface area contributed by atoms with Crippen molar-refractivity contribution in [1.29, 1.82) is 0 Å². The minimum absolute atomic E-state index is 0.0119. The van der Waals surface area contributed by atoms with Crippen LogP contribution in [0.1, 0.15) is 30.9 Å². The van der Waals surface area contributed by atoms with Crippen LogP contribution >= 0.6 is 0 Å². The number of hydrogen-bond acceptors (Lipinski definition) is 5. The first-order valence-electron chi connectivity index (χ1n) is 11.5. The molecule has 0 unspecified atom stereocenters. The van der Waals surface area contributed by atoms with E-state index in [1.807, 2.05) is 23.1 Å². The maximum atomic E-state index is 13.3. The summed E-state index contributed by atoms with van der Waals surface area (Å²) in [6.07, 6.45) is 2.20. The predicted octanol–water partition coefficient (Wildman–Crippen LogP) is 4.00. The molecule has 2 aliphatic rings. The minimum atomic E-state index is -0.310. The molecular weight excluding hydrogens is 425 g/mol. The van der Waals surface area contributed by atoms with Crippen LogP contribution in [-0.4, -0.2) is 57.0 Å². The Kier molecular flexibility index (Phi) is 7.50. The molecule has 2 aromatic rings. The van der Waals surface area contributed by atoms with Gasteiger partial charge in [-0.1, -0.05) is 25.1 Å². The Morgan fingerprint density at radius 2 is 1.91 bits per heavy atom. The number of ether oxygens (including phenoxy) is 4. The van der Waals surface area contributed by atoms with Gasteiger partial charge in [-0.05, 0) is 48.2 Å². The van der Waals surface area contributed by atoms with Gasteiger partial charge in [-0.25, -0.2) is 4.39 Å². The molecule has 178 valence electrons. The van der Waals surface area contributed by atoms with Gasteiger partial charge in [-0.15, -0.1) is 0 Å². The van der Waals surface area contributed by atoms with Crippen LogP contribution in [0.4, 0.5) is 4.39 Å². The highest BCUT2D eigenvalue weighted by atomic mass is 19.1. The Bertz CT molecular complexity index is 938. The number of nitrogens with zero attached hydrogens (tertiary/aromatic N) is 1. The van der Waals surface area contributed by atoms with E-state index in [2.05, 4.69) is 6.92 Å². The summed E-state index contributed by atoms with van der Waals surface area (Å²) in [6, 6.07) is 11.8. The van der Waals surface area contributed by atoms with Gasteiger partial charge in [-0.3, -0.25) is 4.79 Å². The Morgan fingerprint density at radius 3 is 2.55 bits per heavy atom. The van der Waals surface area contributed by atoms with Gasteiger partial charge >= 0.3 is 0 Å². The van der Waals surface area contributed by atoms with Gasteiger partial charge in [0.15, 0.2) is 11.5 Å². The maximum absolute atomic E-state index is 13.3. The molecule has 6 nitrogen and oxygen atoms in total. The molecular formula is C26H32FNO5. The third-order valence-corrected chi connectivity index (χ3v) is 6.15. The molecule has 0 bridgehead atoms. The molecule has 0 N–H and O–H groups in total. The lowest BCUT2D eigenvalue weighted by Gasteiger charge is -2.37. The Balaban J connectivity index is 1.48. The Hall–Kier alpha value is -2.64. The number of carbonyl (C=O) groups is 1. The summed E-state index contributed by atoms with van der Waals surface area (Å²) >= 11 is 0. The SMILES string of the molecule is COc1ccc(CN(C[C@H]2CCCO2)C(=O)Cc2ccc(F)cc2)cc1OCC1(C)COC1. The van der Waals surface area contributed by atoms with Gasteiger partial charge < -0.3 is 23.8 Å². The van der Waals surface area contributed by atoms with Crippen molar-refractivity contribution in [1.82, 2.24) is 4.90 Å². The zero-order chi connectivity index (χ0) is 23.3. The molecule has 1 amide bonds. The predicted molar refractivity (Wildman–Crippen MR) is 122 cm³/mol. The molecule has 2 aliphatic heterocycles. The second-order valence-electron chi connectivity index (χ2n) is 9.29. The van der Waals surface area contributed by atoms with E-state index in [9.17, 15) is 9.18 Å². The number of rotatable bonds is 10. The molecule has 4 rings (SSSR count). The van der Waals surface area contributed by atoms with Crippen molar-refractivity contribution >= 4 is 5.91 Å². The lowest BCUT2D eigenvalue weighted by Crippen LogP contribution is -2.44. The van der Waals surface area contributed by atoms with E-state index < -0.39 is 0 Å². The van der Waals surface area contributed by atoms with Gasteiger partial charge in [0, 0.05) is 25.1 Å². The molecule has 1 atom stereocenters. The van der Waals surface area contributed by atoms with E-state index in [0.29, 0.717) is 44.4 Å². The Morgan fingerprint density at radius 1 is 1.15 bits per heavy atom. The van der Waals surface area contributed by atoms with Crippen molar-refractivity contribution in [2.75, 3.05) is 40.1 Å². The van der Waals surface area contributed by atoms with Crippen LogP contribution in [0.3, 0.4) is 0 Å². The van der Waals surface area contributed by atoms with Crippen molar-refractivity contribution < 1.29 is 28.1 Å². The van der Waals surface area contributed by atoms with Crippen LogP contribution in [0.5, 0.6) is 11.5 Å². The first-order chi connectivity index (χ1) is 15.9. The van der Waals surface area contributed by atoms with E-state index in [1.54, 1.807) is 19.2 Å². The van der Waals surface area contributed by atoms with E-state index in [1.165, 1.54) is 12.1 Å². The summed E-state index contributed by atoms with van der Waals surface area (Å²) in [6.45, 7) is 5.72. The first-order valence-corrected chi connectivity index (χ1v) is 11.5. The van der Waals surface area contributed by atoms with Crippen LogP contribution in [0.2, 0.25) is 0 Å². The van der Waals surface area contributed by atoms with Gasteiger partial charge in [0.25, 0.3) is 0 Å². The second-order valence-corrected chi connectivity index (χ2v) is 9.29. The summed E-state index contributed by atoms with van der Waals surface area (Å²) < 4.78 is 35.9. The van der Waals surface area contributed by atoms with E-state index in [-0.39, 0.29) is 29.7 Å². The number of carbonyl (C=O) groups excluding carboxylic acids is 1. The third kappa shape index (κ3) is 6.24. The summed E-state index contributed by atoms with van der Waals surface area (Å²) in [5.74, 6) is 0.988. The highest BCUT2D eigenvalue weighted by Crippen LogP contribution is 2.33. The summed E-state index contributed by atoms with van der Waals surface area (Å²) in [7, 11) is 1.62. The number of halogens is 1. The average Bonchev–Trinajstić information content (AvgIpc) is 3.31. The van der Waals surface area contributed by atoms with Gasteiger partial charge in [-0.2, -0.15) is 0 Å². The molecule has 2 aromatic carbocycles. The zero-order valence-corrected chi connectivity index (χ0v) is 19.3. The van der Waals surface area contributed by atoms with E-state index >= 15 is 0 Å². The summed E-state index contributed by atoms with van der Waals surface area (Å²) in [5, 5.41) is 0. The molecule has 0 aliphatic carbocycles. The van der Waals surface area contributed by atoms with Crippen LogP contribution in [0.25, 0.3) is 0 Å². The second kappa shape index (κ2) is 10.5. The van der Waals surface area contributed by atoms with E-state index in [0.717, 1.165) is 30.6 Å². The third-order valence-electron chi connectivity index (χ3n) is 6.15. The van der Waals surface area contributed by atoms with Crippen LogP contribution in [0.15, 0.2) is 42.5 Å². The van der Waals surface area contributed by atoms with Crippen molar-refractivity contribution in [3.8, 4) is 11.5 Å². The van der Waals surface area contributed by atoms with Crippen molar-refractivity contribution in [2.24, 2.45) is 5.41 Å². The largest absolute Gasteiger partial charge is 0.493 e. The molecule has 0 saturated carbocycles. The fourth-order valence-corrected chi connectivity index (χ4v) is 4.12. The monoisotopic (exact) mass is 457 g/mol. The molecule has 2 heterocycles. The molecule has 0 radical (unpaired) electrons. The number of benzene rings is 2. The molecule has 7 heteroatoms. The lowest BCUT2D eigenvalue weighted by molar-refractivity contribution is -0.132. The number of hydrogen-bond donors (Lipinski definition) is 0. The Labute approximate surface area is 194 Å². The summed E-state index contributed by atoms with van der Waals surface area (Å²) in [5.41, 5.74) is 1.75. The van der Waals surface area contributed by atoms with Crippen molar-refractivity contribution in [3.05, 3.63) is 59.4 Å². The standard InChI is InChI=1S/C26H32FNO5/c1-26(16-31-17-26)18-33-24-12-20(7-10-23(24)30-2)14-28(15-22-4-3-11-32-22)25(29)13-19-5-8-21(27)9-6-19/h5-10,12,22H,3-4,11,13-18H2,1-2H3/t22-/m1/s1. The smallest absolute Gasteiger partial charge is 0.227 e. The van der Waals surface area contributed by atoms with Crippen LogP contribution in [-0.2, 0) is 27.2 Å². The quantitative estimate of drug-likeness (QED) is 0.540.